The molecule has 0 aliphatic rings. The molecule has 0 bridgehead atoms. The molecule has 0 atom stereocenters. The van der Waals surface area contributed by atoms with E-state index < -0.39 is 0 Å². The van der Waals surface area contributed by atoms with Crippen LogP contribution < -0.4 is 0 Å². The lowest BCUT2D eigenvalue weighted by atomic mass is 9.97. The van der Waals surface area contributed by atoms with Gasteiger partial charge in [0.25, 0.3) is 0 Å². The Morgan fingerprint density at radius 3 is 1.48 bits per heavy atom. The molecule has 3 heteroatoms. The summed E-state index contributed by atoms with van der Waals surface area (Å²) in [7, 11) is 0. The van der Waals surface area contributed by atoms with Crippen molar-refractivity contribution in [3.8, 4) is 56.4 Å². The first-order valence-electron chi connectivity index (χ1n) is 13.4. The van der Waals surface area contributed by atoms with Gasteiger partial charge in [0.15, 0.2) is 17.5 Å². The molecule has 0 amide bonds. The average Bonchev–Trinajstić information content (AvgIpc) is 3.05. The van der Waals surface area contributed by atoms with E-state index >= 15 is 0 Å². The van der Waals surface area contributed by atoms with Crippen molar-refractivity contribution in [1.29, 1.82) is 0 Å². The first-order valence-corrected chi connectivity index (χ1v) is 13.4. The Balaban J connectivity index is 1.34. The molecule has 40 heavy (non-hydrogen) atoms. The Morgan fingerprint density at radius 1 is 0.300 bits per heavy atom. The van der Waals surface area contributed by atoms with Crippen molar-refractivity contribution in [1.82, 2.24) is 15.0 Å². The Kier molecular flexibility index (Phi) is 6.15. The number of fused-ring (bicyclic) bond motifs is 1. The smallest absolute Gasteiger partial charge is 0.164 e. The largest absolute Gasteiger partial charge is 0.208 e. The molecular formula is C37H25N3. The number of hydrogen-bond acceptors (Lipinski definition) is 3. The molecule has 0 aliphatic carbocycles. The highest BCUT2D eigenvalue weighted by atomic mass is 15.0. The van der Waals surface area contributed by atoms with Crippen LogP contribution >= 0.6 is 0 Å². The molecule has 0 saturated carbocycles. The average molecular weight is 512 g/mol. The van der Waals surface area contributed by atoms with Gasteiger partial charge in [-0.3, -0.25) is 0 Å². The molecule has 0 spiro atoms. The predicted octanol–water partition coefficient (Wildman–Crippen LogP) is 9.36. The van der Waals surface area contributed by atoms with Crippen molar-refractivity contribution in [2.75, 3.05) is 0 Å². The number of benzene rings is 6. The highest BCUT2D eigenvalue weighted by molar-refractivity contribution is 5.97. The summed E-state index contributed by atoms with van der Waals surface area (Å²) in [4.78, 5) is 14.8. The third kappa shape index (κ3) is 4.65. The van der Waals surface area contributed by atoms with E-state index in [4.69, 9.17) is 15.0 Å². The fraction of sp³-hybridized carbons (Fsp3) is 0. The van der Waals surface area contributed by atoms with Crippen LogP contribution in [-0.2, 0) is 0 Å². The summed E-state index contributed by atoms with van der Waals surface area (Å²) in [5, 5.41) is 2.44. The second-order valence-electron chi connectivity index (χ2n) is 9.72. The quantitative estimate of drug-likeness (QED) is 0.231. The van der Waals surface area contributed by atoms with E-state index in [2.05, 4.69) is 115 Å². The third-order valence-electron chi connectivity index (χ3n) is 7.14. The van der Waals surface area contributed by atoms with Crippen molar-refractivity contribution in [3.63, 3.8) is 0 Å². The van der Waals surface area contributed by atoms with Gasteiger partial charge in [-0.05, 0) is 39.1 Å². The Hall–Kier alpha value is -5.41. The molecule has 7 rings (SSSR count). The van der Waals surface area contributed by atoms with Gasteiger partial charge in [0, 0.05) is 16.7 Å². The van der Waals surface area contributed by atoms with Crippen molar-refractivity contribution in [2.45, 2.75) is 0 Å². The van der Waals surface area contributed by atoms with Gasteiger partial charge in [-0.1, -0.05) is 146 Å². The maximum Gasteiger partial charge on any atom is 0.164 e. The molecule has 1 heterocycles. The number of hydrogen-bond donors (Lipinski definition) is 0. The summed E-state index contributed by atoms with van der Waals surface area (Å²) in [6.07, 6.45) is 0. The lowest BCUT2D eigenvalue weighted by molar-refractivity contribution is 1.07. The normalized spacial score (nSPS) is 11.0. The fourth-order valence-electron chi connectivity index (χ4n) is 5.10. The Bertz CT molecular complexity index is 1920. The Labute approximate surface area is 233 Å². The summed E-state index contributed by atoms with van der Waals surface area (Å²) in [5.41, 5.74) is 7.51. The highest BCUT2D eigenvalue weighted by Crippen LogP contribution is 2.32. The van der Waals surface area contributed by atoms with Crippen LogP contribution in [0.2, 0.25) is 0 Å². The van der Waals surface area contributed by atoms with Crippen LogP contribution in [0.5, 0.6) is 0 Å². The lowest BCUT2D eigenvalue weighted by Gasteiger charge is -2.11. The highest BCUT2D eigenvalue weighted by Gasteiger charge is 2.14. The van der Waals surface area contributed by atoms with E-state index in [1.165, 1.54) is 21.9 Å². The minimum absolute atomic E-state index is 0.651. The van der Waals surface area contributed by atoms with Gasteiger partial charge in [0.05, 0.1) is 0 Å². The zero-order valence-electron chi connectivity index (χ0n) is 21.8. The first kappa shape index (κ1) is 23.7. The molecule has 6 aromatic carbocycles. The van der Waals surface area contributed by atoms with Crippen LogP contribution in [-0.4, -0.2) is 15.0 Å². The second-order valence-corrected chi connectivity index (χ2v) is 9.72. The van der Waals surface area contributed by atoms with Crippen molar-refractivity contribution in [2.24, 2.45) is 0 Å². The standard InChI is InChI=1S/C37H25N3/c1-3-11-26(12-4-1)27-21-23-30(24-22-27)36-38-35(29-14-5-2-6-15-29)39-37(40-36)32-18-9-17-31(25-32)34-20-10-16-28-13-7-8-19-33(28)34/h1-25H. The van der Waals surface area contributed by atoms with Gasteiger partial charge in [-0.25, -0.2) is 15.0 Å². The molecule has 0 radical (unpaired) electrons. The van der Waals surface area contributed by atoms with Crippen LogP contribution in [0.3, 0.4) is 0 Å². The van der Waals surface area contributed by atoms with Gasteiger partial charge in [0.2, 0.25) is 0 Å². The summed E-state index contributed by atoms with van der Waals surface area (Å²) in [6, 6.07) is 52.3. The zero-order chi connectivity index (χ0) is 26.7. The summed E-state index contributed by atoms with van der Waals surface area (Å²) < 4.78 is 0. The molecule has 0 aliphatic heterocycles. The topological polar surface area (TPSA) is 38.7 Å². The minimum Gasteiger partial charge on any atom is -0.208 e. The van der Waals surface area contributed by atoms with Gasteiger partial charge in [-0.15, -0.1) is 0 Å². The predicted molar refractivity (Wildman–Crippen MR) is 165 cm³/mol. The maximum atomic E-state index is 4.98. The number of aromatic nitrogens is 3. The molecule has 0 unspecified atom stereocenters. The molecular weight excluding hydrogens is 486 g/mol. The van der Waals surface area contributed by atoms with Crippen molar-refractivity contribution < 1.29 is 0 Å². The summed E-state index contributed by atoms with van der Waals surface area (Å²) in [6.45, 7) is 0. The van der Waals surface area contributed by atoms with E-state index in [1.807, 2.05) is 36.4 Å². The summed E-state index contributed by atoms with van der Waals surface area (Å²) >= 11 is 0. The van der Waals surface area contributed by atoms with Gasteiger partial charge in [0.1, 0.15) is 0 Å². The van der Waals surface area contributed by atoms with Crippen LogP contribution in [0.15, 0.2) is 152 Å². The van der Waals surface area contributed by atoms with Gasteiger partial charge >= 0.3 is 0 Å². The van der Waals surface area contributed by atoms with E-state index in [0.29, 0.717) is 17.5 Å². The third-order valence-corrected chi connectivity index (χ3v) is 7.14. The monoisotopic (exact) mass is 511 g/mol. The van der Waals surface area contributed by atoms with Gasteiger partial charge < -0.3 is 0 Å². The van der Waals surface area contributed by atoms with Crippen LogP contribution in [0.4, 0.5) is 0 Å². The van der Waals surface area contributed by atoms with E-state index in [0.717, 1.165) is 27.8 Å². The molecule has 0 saturated heterocycles. The van der Waals surface area contributed by atoms with E-state index in [1.54, 1.807) is 0 Å². The van der Waals surface area contributed by atoms with Crippen LogP contribution in [0.25, 0.3) is 67.2 Å². The molecule has 0 fully saturated rings. The second kappa shape index (κ2) is 10.4. The first-order chi connectivity index (χ1) is 19.8. The molecule has 0 N–H and O–H groups in total. The fourth-order valence-corrected chi connectivity index (χ4v) is 5.10. The van der Waals surface area contributed by atoms with Crippen molar-refractivity contribution >= 4 is 10.8 Å². The van der Waals surface area contributed by atoms with E-state index in [9.17, 15) is 0 Å². The molecule has 188 valence electrons. The van der Waals surface area contributed by atoms with Gasteiger partial charge in [-0.2, -0.15) is 0 Å². The van der Waals surface area contributed by atoms with Crippen LogP contribution in [0.1, 0.15) is 0 Å². The molecule has 3 nitrogen and oxygen atoms in total. The van der Waals surface area contributed by atoms with Crippen LogP contribution in [0, 0.1) is 0 Å². The number of nitrogens with zero attached hydrogens (tertiary/aromatic N) is 3. The minimum atomic E-state index is 0.651. The SMILES string of the molecule is c1ccc(-c2ccc(-c3nc(-c4ccccc4)nc(-c4cccc(-c5cccc6ccccc56)c4)n3)cc2)cc1. The zero-order valence-corrected chi connectivity index (χ0v) is 21.8. The Morgan fingerprint density at radius 2 is 0.750 bits per heavy atom. The maximum absolute atomic E-state index is 4.98. The summed E-state index contributed by atoms with van der Waals surface area (Å²) in [5.74, 6) is 1.96. The van der Waals surface area contributed by atoms with E-state index in [-0.39, 0.29) is 0 Å². The molecule has 1 aromatic heterocycles. The lowest BCUT2D eigenvalue weighted by Crippen LogP contribution is -2.00. The number of rotatable bonds is 5. The molecule has 7 aromatic rings. The van der Waals surface area contributed by atoms with Crippen molar-refractivity contribution in [3.05, 3.63) is 152 Å².